The summed E-state index contributed by atoms with van der Waals surface area (Å²) in [5, 5.41) is 12.7. The molecular weight excluding hydrogens is 494 g/mol. The number of nitrogens with zero attached hydrogens (tertiary/aromatic N) is 2. The van der Waals surface area contributed by atoms with Crippen molar-refractivity contribution in [2.45, 2.75) is 33.2 Å². The third-order valence-corrected chi connectivity index (χ3v) is 6.39. The molecule has 0 aliphatic carbocycles. The number of carbonyl (C=O) groups excluding carboxylic acids is 3. The molecule has 6 N–H and O–H groups in total. The van der Waals surface area contributed by atoms with Gasteiger partial charge in [0.2, 0.25) is 5.91 Å². The number of ether oxygens (including phenoxy) is 1. The summed E-state index contributed by atoms with van der Waals surface area (Å²) in [5.41, 5.74) is 11.9. The Hall–Kier alpha value is -4.12. The standard InChI is InChI=1S/C26H31N5O5S/c1-4-36-19-11-7-17(8-12-19)31(26(35)23-20(27)21(24(28)33)30-37-23)22(16-5-9-18(32)10-6-16)25(34)29-14-13-15(2)3/h5-12,15,22,32H,4,13-14,27H2,1-3H3,(H2,28,33)(H,29,34). The minimum Gasteiger partial charge on any atom is -0.508 e. The first-order valence-corrected chi connectivity index (χ1v) is 12.6. The molecule has 1 atom stereocenters. The van der Waals surface area contributed by atoms with E-state index in [0.29, 0.717) is 36.1 Å². The predicted molar refractivity (Wildman–Crippen MR) is 143 cm³/mol. The zero-order valence-electron chi connectivity index (χ0n) is 20.9. The monoisotopic (exact) mass is 525 g/mol. The van der Waals surface area contributed by atoms with Gasteiger partial charge in [-0.25, -0.2) is 0 Å². The van der Waals surface area contributed by atoms with Crippen LogP contribution in [0.25, 0.3) is 0 Å². The lowest BCUT2D eigenvalue weighted by atomic mass is 10.0. The highest BCUT2D eigenvalue weighted by atomic mass is 32.1. The number of nitrogens with one attached hydrogen (secondary N) is 1. The van der Waals surface area contributed by atoms with Gasteiger partial charge in [0.25, 0.3) is 11.8 Å². The lowest BCUT2D eigenvalue weighted by Crippen LogP contribution is -2.44. The van der Waals surface area contributed by atoms with Crippen LogP contribution in [0.1, 0.15) is 59.0 Å². The Balaban J connectivity index is 2.15. The molecule has 0 aliphatic heterocycles. The molecule has 1 unspecified atom stereocenters. The number of hydrogen-bond donors (Lipinski definition) is 4. The molecule has 1 heterocycles. The molecular formula is C26H31N5O5S. The number of aromatic nitrogens is 1. The largest absolute Gasteiger partial charge is 0.508 e. The van der Waals surface area contributed by atoms with Crippen LogP contribution in [-0.2, 0) is 4.79 Å². The summed E-state index contributed by atoms with van der Waals surface area (Å²) >= 11 is 0.732. The number of nitrogens with two attached hydrogens (primary N) is 2. The number of primary amides is 1. The number of nitrogen functional groups attached to an aromatic ring is 1. The first kappa shape index (κ1) is 27.5. The number of anilines is 2. The van der Waals surface area contributed by atoms with E-state index in [1.165, 1.54) is 17.0 Å². The van der Waals surface area contributed by atoms with E-state index in [0.717, 1.165) is 18.0 Å². The average molecular weight is 526 g/mol. The molecule has 0 spiro atoms. The Morgan fingerprint density at radius 2 is 1.76 bits per heavy atom. The van der Waals surface area contributed by atoms with Crippen LogP contribution in [0.5, 0.6) is 11.5 Å². The Morgan fingerprint density at radius 1 is 1.11 bits per heavy atom. The van der Waals surface area contributed by atoms with Crippen molar-refractivity contribution in [3.05, 3.63) is 64.7 Å². The highest BCUT2D eigenvalue weighted by molar-refractivity contribution is 7.09. The molecule has 3 aromatic rings. The number of phenols is 1. The van der Waals surface area contributed by atoms with Crippen molar-refractivity contribution in [1.82, 2.24) is 9.69 Å². The summed E-state index contributed by atoms with van der Waals surface area (Å²) in [5.74, 6) is -0.952. The van der Waals surface area contributed by atoms with Gasteiger partial charge in [-0.05, 0) is 72.8 Å². The maximum atomic E-state index is 14.0. The first-order chi connectivity index (χ1) is 17.6. The lowest BCUT2D eigenvalue weighted by Gasteiger charge is -2.31. The fourth-order valence-electron chi connectivity index (χ4n) is 3.65. The molecule has 2 aromatic carbocycles. The number of benzene rings is 2. The molecule has 196 valence electrons. The van der Waals surface area contributed by atoms with E-state index in [9.17, 15) is 19.5 Å². The van der Waals surface area contributed by atoms with Crippen molar-refractivity contribution < 1.29 is 24.2 Å². The van der Waals surface area contributed by atoms with E-state index in [4.69, 9.17) is 16.2 Å². The van der Waals surface area contributed by atoms with E-state index >= 15 is 0 Å². The molecule has 0 bridgehead atoms. The van der Waals surface area contributed by atoms with E-state index in [-0.39, 0.29) is 22.0 Å². The van der Waals surface area contributed by atoms with E-state index < -0.39 is 23.8 Å². The Morgan fingerprint density at radius 3 is 2.30 bits per heavy atom. The molecule has 37 heavy (non-hydrogen) atoms. The molecule has 0 fully saturated rings. The molecule has 0 saturated heterocycles. The molecule has 3 rings (SSSR count). The van der Waals surface area contributed by atoms with Crippen molar-refractivity contribution in [1.29, 1.82) is 0 Å². The maximum Gasteiger partial charge on any atom is 0.273 e. The second kappa shape index (κ2) is 12.2. The summed E-state index contributed by atoms with van der Waals surface area (Å²) in [6.07, 6.45) is 0.745. The fraction of sp³-hybridized carbons (Fsp3) is 0.308. The second-order valence-corrected chi connectivity index (χ2v) is 9.48. The normalized spacial score (nSPS) is 11.7. The van der Waals surface area contributed by atoms with Gasteiger partial charge in [0.05, 0.1) is 12.3 Å². The van der Waals surface area contributed by atoms with Crippen molar-refractivity contribution >= 4 is 40.6 Å². The summed E-state index contributed by atoms with van der Waals surface area (Å²) in [6, 6.07) is 11.6. The predicted octanol–water partition coefficient (Wildman–Crippen LogP) is 3.48. The summed E-state index contributed by atoms with van der Waals surface area (Å²) in [4.78, 5) is 40.6. The zero-order valence-corrected chi connectivity index (χ0v) is 21.7. The Labute approximate surface area is 219 Å². The third kappa shape index (κ3) is 6.56. The van der Waals surface area contributed by atoms with Gasteiger partial charge >= 0.3 is 0 Å². The van der Waals surface area contributed by atoms with E-state index in [1.54, 1.807) is 36.4 Å². The van der Waals surface area contributed by atoms with Crippen molar-refractivity contribution in [2.24, 2.45) is 11.7 Å². The van der Waals surface area contributed by atoms with Gasteiger partial charge in [0.15, 0.2) is 5.69 Å². The SMILES string of the molecule is CCOc1ccc(N(C(=O)c2snc(C(N)=O)c2N)C(C(=O)NCCC(C)C)c2ccc(O)cc2)cc1. The number of amides is 3. The van der Waals surface area contributed by atoms with Gasteiger partial charge in [-0.2, -0.15) is 4.37 Å². The van der Waals surface area contributed by atoms with Crippen molar-refractivity contribution in [3.63, 3.8) is 0 Å². The van der Waals surface area contributed by atoms with Crippen LogP contribution in [0.3, 0.4) is 0 Å². The van der Waals surface area contributed by atoms with Gasteiger partial charge in [-0.15, -0.1) is 0 Å². The van der Waals surface area contributed by atoms with Crippen molar-refractivity contribution in [2.75, 3.05) is 23.8 Å². The summed E-state index contributed by atoms with van der Waals surface area (Å²) < 4.78 is 9.48. The summed E-state index contributed by atoms with van der Waals surface area (Å²) in [6.45, 7) is 6.81. The molecule has 10 nitrogen and oxygen atoms in total. The third-order valence-electron chi connectivity index (χ3n) is 5.54. The van der Waals surface area contributed by atoms with Crippen LogP contribution < -0.4 is 26.4 Å². The van der Waals surface area contributed by atoms with Gasteiger partial charge in [-0.1, -0.05) is 26.0 Å². The van der Waals surface area contributed by atoms with Crippen LogP contribution in [0.2, 0.25) is 0 Å². The molecule has 0 saturated carbocycles. The Kier molecular flexibility index (Phi) is 9.07. The van der Waals surface area contributed by atoms with Gasteiger partial charge in [0, 0.05) is 12.2 Å². The molecule has 0 radical (unpaired) electrons. The van der Waals surface area contributed by atoms with Crippen LogP contribution >= 0.6 is 11.5 Å². The Bertz CT molecular complexity index is 1240. The molecule has 0 aliphatic rings. The fourth-order valence-corrected chi connectivity index (χ4v) is 4.39. The van der Waals surface area contributed by atoms with Gasteiger partial charge < -0.3 is 26.6 Å². The number of phenolic OH excluding ortho intramolecular Hbond substituents is 1. The minimum absolute atomic E-state index is 0.0134. The first-order valence-electron chi connectivity index (χ1n) is 11.8. The number of carbonyl (C=O) groups is 3. The van der Waals surface area contributed by atoms with Gasteiger partial charge in [-0.3, -0.25) is 19.3 Å². The average Bonchev–Trinajstić information content (AvgIpc) is 3.25. The highest BCUT2D eigenvalue weighted by Crippen LogP contribution is 2.34. The number of aromatic hydroxyl groups is 1. The van der Waals surface area contributed by atoms with Crippen LogP contribution in [0.15, 0.2) is 48.5 Å². The topological polar surface area (TPSA) is 161 Å². The quantitative estimate of drug-likeness (QED) is 0.298. The van der Waals surface area contributed by atoms with Crippen LogP contribution in [-0.4, -0.2) is 40.4 Å². The van der Waals surface area contributed by atoms with E-state index in [1.807, 2.05) is 20.8 Å². The second-order valence-electron chi connectivity index (χ2n) is 8.71. The number of rotatable bonds is 11. The molecule has 11 heteroatoms. The summed E-state index contributed by atoms with van der Waals surface area (Å²) in [7, 11) is 0. The number of hydrogen-bond acceptors (Lipinski definition) is 8. The minimum atomic E-state index is -1.13. The van der Waals surface area contributed by atoms with Crippen LogP contribution in [0.4, 0.5) is 11.4 Å². The molecule has 1 aromatic heterocycles. The molecule has 3 amide bonds. The van der Waals surface area contributed by atoms with E-state index in [2.05, 4.69) is 9.69 Å². The highest BCUT2D eigenvalue weighted by Gasteiger charge is 2.36. The zero-order chi connectivity index (χ0) is 27.1. The maximum absolute atomic E-state index is 14.0. The lowest BCUT2D eigenvalue weighted by molar-refractivity contribution is -0.122. The van der Waals surface area contributed by atoms with Crippen molar-refractivity contribution in [3.8, 4) is 11.5 Å². The smallest absolute Gasteiger partial charge is 0.273 e. The van der Waals surface area contributed by atoms with Crippen LogP contribution in [0, 0.1) is 5.92 Å². The van der Waals surface area contributed by atoms with Gasteiger partial charge in [0.1, 0.15) is 22.4 Å².